The molecule has 0 bridgehead atoms. The molecule has 1 N–H and O–H groups in total. The number of halogens is 1. The van der Waals surface area contributed by atoms with Crippen molar-refractivity contribution in [1.82, 2.24) is 9.55 Å². The molecule has 1 aliphatic heterocycles. The van der Waals surface area contributed by atoms with Crippen molar-refractivity contribution in [3.8, 4) is 11.4 Å². The Morgan fingerprint density at radius 1 is 1.45 bits per heavy atom. The SMILES string of the molecule is CC1CCn2c(-c3ccccc3F)nc(C(=O)O)c2C1. The molecule has 1 unspecified atom stereocenters. The average molecular weight is 274 g/mol. The monoisotopic (exact) mass is 274 g/mol. The molecule has 4 nitrogen and oxygen atoms in total. The summed E-state index contributed by atoms with van der Waals surface area (Å²) in [6, 6.07) is 6.34. The van der Waals surface area contributed by atoms with Crippen molar-refractivity contribution in [2.75, 3.05) is 0 Å². The molecule has 0 saturated heterocycles. The smallest absolute Gasteiger partial charge is 0.356 e. The van der Waals surface area contributed by atoms with Gasteiger partial charge in [0.05, 0.1) is 11.3 Å². The molecule has 1 aromatic heterocycles. The number of rotatable bonds is 2. The van der Waals surface area contributed by atoms with Crippen LogP contribution in [-0.2, 0) is 13.0 Å². The van der Waals surface area contributed by atoms with Crippen LogP contribution in [0.3, 0.4) is 0 Å². The summed E-state index contributed by atoms with van der Waals surface area (Å²) in [6.45, 7) is 2.77. The molecule has 1 atom stereocenters. The number of aromatic nitrogens is 2. The van der Waals surface area contributed by atoms with Gasteiger partial charge in [0.25, 0.3) is 0 Å². The topological polar surface area (TPSA) is 55.1 Å². The number of aromatic carboxylic acids is 1. The molecule has 0 radical (unpaired) electrons. The lowest BCUT2D eigenvalue weighted by molar-refractivity contribution is 0.0689. The molecule has 0 spiro atoms. The quantitative estimate of drug-likeness (QED) is 0.916. The van der Waals surface area contributed by atoms with E-state index in [-0.39, 0.29) is 11.5 Å². The maximum Gasteiger partial charge on any atom is 0.356 e. The summed E-state index contributed by atoms with van der Waals surface area (Å²) in [5, 5.41) is 9.29. The van der Waals surface area contributed by atoms with Gasteiger partial charge in [0.1, 0.15) is 11.6 Å². The Kier molecular flexibility index (Phi) is 3.04. The highest BCUT2D eigenvalue weighted by molar-refractivity contribution is 5.88. The van der Waals surface area contributed by atoms with E-state index < -0.39 is 5.97 Å². The third-order valence-corrected chi connectivity index (χ3v) is 3.78. The summed E-state index contributed by atoms with van der Waals surface area (Å²) in [5.41, 5.74) is 1.11. The van der Waals surface area contributed by atoms with Crippen molar-refractivity contribution in [1.29, 1.82) is 0 Å². The van der Waals surface area contributed by atoms with Crippen molar-refractivity contribution < 1.29 is 14.3 Å². The number of carboxylic acid groups (broad SMARTS) is 1. The molecule has 5 heteroatoms. The second-order valence-electron chi connectivity index (χ2n) is 5.27. The van der Waals surface area contributed by atoms with Gasteiger partial charge in [-0.05, 0) is 30.9 Å². The van der Waals surface area contributed by atoms with Gasteiger partial charge in [-0.1, -0.05) is 19.1 Å². The van der Waals surface area contributed by atoms with Crippen molar-refractivity contribution in [2.24, 2.45) is 5.92 Å². The zero-order valence-electron chi connectivity index (χ0n) is 11.1. The van der Waals surface area contributed by atoms with Gasteiger partial charge in [0, 0.05) is 6.54 Å². The Bertz CT molecular complexity index is 679. The van der Waals surface area contributed by atoms with Crippen LogP contribution in [0, 0.1) is 11.7 Å². The summed E-state index contributed by atoms with van der Waals surface area (Å²) in [5.74, 6) is -0.588. The van der Waals surface area contributed by atoms with Gasteiger partial charge in [-0.15, -0.1) is 0 Å². The van der Waals surface area contributed by atoms with E-state index in [0.717, 1.165) is 6.42 Å². The van der Waals surface area contributed by atoms with E-state index in [0.29, 0.717) is 36.0 Å². The molecule has 3 rings (SSSR count). The first-order valence-electron chi connectivity index (χ1n) is 6.65. The summed E-state index contributed by atoms with van der Waals surface area (Å²) in [4.78, 5) is 15.5. The number of carbonyl (C=O) groups is 1. The van der Waals surface area contributed by atoms with Crippen LogP contribution in [0.2, 0.25) is 0 Å². The van der Waals surface area contributed by atoms with Gasteiger partial charge in [-0.25, -0.2) is 14.2 Å². The maximum absolute atomic E-state index is 13.9. The highest BCUT2D eigenvalue weighted by Crippen LogP contribution is 2.30. The molecule has 0 fully saturated rings. The van der Waals surface area contributed by atoms with E-state index >= 15 is 0 Å². The van der Waals surface area contributed by atoms with Crippen molar-refractivity contribution in [2.45, 2.75) is 26.3 Å². The number of carboxylic acids is 1. The fraction of sp³-hybridized carbons (Fsp3) is 0.333. The highest BCUT2D eigenvalue weighted by atomic mass is 19.1. The minimum Gasteiger partial charge on any atom is -0.476 e. The van der Waals surface area contributed by atoms with Crippen LogP contribution in [0.4, 0.5) is 4.39 Å². The first kappa shape index (κ1) is 12.8. The normalized spacial score (nSPS) is 17.8. The minimum absolute atomic E-state index is 0.0507. The van der Waals surface area contributed by atoms with E-state index in [2.05, 4.69) is 11.9 Å². The third kappa shape index (κ3) is 1.99. The molecular formula is C15H15FN2O2. The minimum atomic E-state index is -1.05. The highest BCUT2D eigenvalue weighted by Gasteiger charge is 2.27. The first-order chi connectivity index (χ1) is 9.58. The molecular weight excluding hydrogens is 259 g/mol. The predicted octanol–water partition coefficient (Wildman–Crippen LogP) is 2.97. The summed E-state index contributed by atoms with van der Waals surface area (Å²) >= 11 is 0. The molecule has 2 heterocycles. The Balaban J connectivity index is 2.20. The third-order valence-electron chi connectivity index (χ3n) is 3.78. The molecule has 1 aliphatic rings. The van der Waals surface area contributed by atoms with E-state index in [4.69, 9.17) is 0 Å². The lowest BCUT2D eigenvalue weighted by atomic mass is 9.97. The Morgan fingerprint density at radius 2 is 2.20 bits per heavy atom. The van der Waals surface area contributed by atoms with Crippen LogP contribution >= 0.6 is 0 Å². The number of hydrogen-bond donors (Lipinski definition) is 1. The van der Waals surface area contributed by atoms with Crippen LogP contribution < -0.4 is 0 Å². The molecule has 0 amide bonds. The predicted molar refractivity (Wildman–Crippen MR) is 72.1 cm³/mol. The van der Waals surface area contributed by atoms with E-state index in [1.54, 1.807) is 18.2 Å². The zero-order chi connectivity index (χ0) is 14.3. The lowest BCUT2D eigenvalue weighted by Crippen LogP contribution is -2.19. The van der Waals surface area contributed by atoms with Crippen LogP contribution in [-0.4, -0.2) is 20.6 Å². The fourth-order valence-corrected chi connectivity index (χ4v) is 2.74. The molecule has 1 aromatic carbocycles. The van der Waals surface area contributed by atoms with Crippen LogP contribution in [0.5, 0.6) is 0 Å². The van der Waals surface area contributed by atoms with Gasteiger partial charge < -0.3 is 9.67 Å². The van der Waals surface area contributed by atoms with E-state index in [9.17, 15) is 14.3 Å². The molecule has 2 aromatic rings. The number of imidazole rings is 1. The van der Waals surface area contributed by atoms with Gasteiger partial charge in [0.15, 0.2) is 5.69 Å². The van der Waals surface area contributed by atoms with Crippen molar-refractivity contribution in [3.63, 3.8) is 0 Å². The Hall–Kier alpha value is -2.17. The van der Waals surface area contributed by atoms with Gasteiger partial charge in [0.2, 0.25) is 0 Å². The van der Waals surface area contributed by atoms with Gasteiger partial charge in [-0.2, -0.15) is 0 Å². The number of nitrogens with zero attached hydrogens (tertiary/aromatic N) is 2. The van der Waals surface area contributed by atoms with Crippen LogP contribution in [0.15, 0.2) is 24.3 Å². The largest absolute Gasteiger partial charge is 0.476 e. The average Bonchev–Trinajstić information content (AvgIpc) is 2.78. The van der Waals surface area contributed by atoms with E-state index in [1.807, 2.05) is 4.57 Å². The van der Waals surface area contributed by atoms with Gasteiger partial charge >= 0.3 is 5.97 Å². The Labute approximate surface area is 115 Å². The zero-order valence-corrected chi connectivity index (χ0v) is 11.1. The van der Waals surface area contributed by atoms with Gasteiger partial charge in [-0.3, -0.25) is 0 Å². The number of hydrogen-bond acceptors (Lipinski definition) is 2. The van der Waals surface area contributed by atoms with E-state index in [1.165, 1.54) is 6.07 Å². The standard InChI is InChI=1S/C15H15FN2O2/c1-9-6-7-18-12(8-9)13(15(19)20)17-14(18)10-4-2-3-5-11(10)16/h2-5,9H,6-8H2,1H3,(H,19,20). The summed E-state index contributed by atoms with van der Waals surface area (Å²) < 4.78 is 15.8. The molecule has 104 valence electrons. The maximum atomic E-state index is 13.9. The van der Waals surface area contributed by atoms with Crippen molar-refractivity contribution >= 4 is 5.97 Å². The Morgan fingerprint density at radius 3 is 2.90 bits per heavy atom. The lowest BCUT2D eigenvalue weighted by Gasteiger charge is -2.22. The second kappa shape index (κ2) is 4.74. The molecule has 20 heavy (non-hydrogen) atoms. The summed E-state index contributed by atoms with van der Waals surface area (Å²) in [6.07, 6.45) is 1.62. The van der Waals surface area contributed by atoms with Crippen molar-refractivity contribution in [3.05, 3.63) is 41.5 Å². The number of fused-ring (bicyclic) bond motifs is 1. The first-order valence-corrected chi connectivity index (χ1v) is 6.65. The van der Waals surface area contributed by atoms with Crippen LogP contribution in [0.1, 0.15) is 29.5 Å². The molecule has 0 aliphatic carbocycles. The second-order valence-corrected chi connectivity index (χ2v) is 5.27. The number of benzene rings is 1. The summed E-state index contributed by atoms with van der Waals surface area (Å²) in [7, 11) is 0. The van der Waals surface area contributed by atoms with Crippen LogP contribution in [0.25, 0.3) is 11.4 Å². The fourth-order valence-electron chi connectivity index (χ4n) is 2.74. The molecule has 0 saturated carbocycles.